The largest absolute Gasteiger partial charge is 0.481 e. The number of amides is 2. The molecule has 1 aliphatic heterocycles. The topological polar surface area (TPSA) is 110 Å². The maximum atomic E-state index is 11.9. The van der Waals surface area contributed by atoms with Crippen LogP contribution in [0.4, 0.5) is 4.79 Å². The minimum atomic E-state index is -0.869. The molecule has 2 rings (SSSR count). The summed E-state index contributed by atoms with van der Waals surface area (Å²) < 4.78 is 0. The average molecular weight is 286 g/mol. The summed E-state index contributed by atoms with van der Waals surface area (Å²) in [4.78, 5) is 24.1. The molecule has 0 aromatic heterocycles. The van der Waals surface area contributed by atoms with E-state index >= 15 is 0 Å². The first-order valence-corrected chi connectivity index (χ1v) is 7.09. The molecule has 20 heavy (non-hydrogen) atoms. The summed E-state index contributed by atoms with van der Waals surface area (Å²) in [7, 11) is 0. The van der Waals surface area contributed by atoms with Crippen LogP contribution < -0.4 is 5.32 Å². The summed E-state index contributed by atoms with van der Waals surface area (Å²) in [6.07, 6.45) is 1.21. The molecule has 2 fully saturated rings. The Labute approximate surface area is 117 Å². The van der Waals surface area contributed by atoms with Crippen LogP contribution in [0.2, 0.25) is 0 Å². The molecule has 2 aliphatic rings. The molecule has 0 radical (unpaired) electrons. The van der Waals surface area contributed by atoms with E-state index in [-0.39, 0.29) is 25.0 Å². The first kappa shape index (κ1) is 15.1. The van der Waals surface area contributed by atoms with Crippen molar-refractivity contribution >= 4 is 12.0 Å². The van der Waals surface area contributed by atoms with Gasteiger partial charge in [0, 0.05) is 6.54 Å². The van der Waals surface area contributed by atoms with Gasteiger partial charge < -0.3 is 25.5 Å². The van der Waals surface area contributed by atoms with Crippen LogP contribution in [0.25, 0.3) is 0 Å². The number of aliphatic hydroxyl groups is 2. The van der Waals surface area contributed by atoms with E-state index in [2.05, 4.69) is 5.32 Å². The van der Waals surface area contributed by atoms with Crippen LogP contribution in [0, 0.1) is 11.8 Å². The van der Waals surface area contributed by atoms with Gasteiger partial charge in [-0.3, -0.25) is 4.79 Å². The van der Waals surface area contributed by atoms with E-state index in [0.29, 0.717) is 25.3 Å². The van der Waals surface area contributed by atoms with Crippen LogP contribution in [-0.2, 0) is 4.79 Å². The monoisotopic (exact) mass is 286 g/mol. The van der Waals surface area contributed by atoms with Gasteiger partial charge >= 0.3 is 12.0 Å². The highest BCUT2D eigenvalue weighted by molar-refractivity contribution is 5.74. The molecular formula is C13H22N2O5. The molecule has 1 heterocycles. The van der Waals surface area contributed by atoms with E-state index in [0.717, 1.165) is 12.8 Å². The predicted molar refractivity (Wildman–Crippen MR) is 70.1 cm³/mol. The zero-order chi connectivity index (χ0) is 14.7. The highest BCUT2D eigenvalue weighted by atomic mass is 16.4. The molecule has 114 valence electrons. The van der Waals surface area contributed by atoms with Crippen molar-refractivity contribution in [3.8, 4) is 0 Å². The molecule has 1 saturated heterocycles. The van der Waals surface area contributed by atoms with Gasteiger partial charge in [-0.15, -0.1) is 0 Å². The predicted octanol–water partition coefficient (Wildman–Crippen LogP) is -0.376. The molecule has 0 aromatic rings. The first-order valence-electron chi connectivity index (χ1n) is 7.09. The summed E-state index contributed by atoms with van der Waals surface area (Å²) in [6, 6.07) is -0.277. The fraction of sp³-hybridized carbons (Fsp3) is 0.846. The number of likely N-dealkylation sites (tertiary alicyclic amines) is 1. The normalized spacial score (nSPS) is 34.0. The van der Waals surface area contributed by atoms with Crippen molar-refractivity contribution in [2.24, 2.45) is 11.8 Å². The molecule has 4 N–H and O–H groups in total. The SMILES string of the molecule is O=C(O)C1CCC(CNC(=O)N2CC(O)C(O)C2)CC1. The number of nitrogens with zero attached hydrogens (tertiary/aromatic N) is 1. The van der Waals surface area contributed by atoms with E-state index in [9.17, 15) is 19.8 Å². The Morgan fingerprint density at radius 2 is 1.60 bits per heavy atom. The van der Waals surface area contributed by atoms with E-state index in [1.54, 1.807) is 0 Å². The fourth-order valence-corrected chi connectivity index (χ4v) is 2.89. The number of nitrogens with one attached hydrogen (secondary N) is 1. The van der Waals surface area contributed by atoms with Crippen molar-refractivity contribution in [1.29, 1.82) is 0 Å². The van der Waals surface area contributed by atoms with E-state index in [4.69, 9.17) is 5.11 Å². The average Bonchev–Trinajstić information content (AvgIpc) is 2.76. The number of β-amino-alcohol motifs (C(OH)–C–C–N with tert-alkyl or cyclic N) is 2. The number of hydrogen-bond acceptors (Lipinski definition) is 4. The second-order valence-electron chi connectivity index (χ2n) is 5.78. The summed E-state index contributed by atoms with van der Waals surface area (Å²) >= 11 is 0. The molecule has 1 aliphatic carbocycles. The second kappa shape index (κ2) is 6.41. The number of hydrogen-bond donors (Lipinski definition) is 4. The highest BCUT2D eigenvalue weighted by Gasteiger charge is 2.33. The number of carboxylic acid groups (broad SMARTS) is 1. The van der Waals surface area contributed by atoms with Gasteiger partial charge in [-0.2, -0.15) is 0 Å². The van der Waals surface area contributed by atoms with Crippen molar-refractivity contribution in [3.63, 3.8) is 0 Å². The lowest BCUT2D eigenvalue weighted by atomic mass is 9.82. The second-order valence-corrected chi connectivity index (χ2v) is 5.78. The zero-order valence-electron chi connectivity index (χ0n) is 11.4. The Morgan fingerprint density at radius 3 is 2.10 bits per heavy atom. The van der Waals surface area contributed by atoms with Gasteiger partial charge in [-0.1, -0.05) is 0 Å². The molecule has 7 nitrogen and oxygen atoms in total. The van der Waals surface area contributed by atoms with Gasteiger partial charge in [0.05, 0.1) is 31.2 Å². The molecule has 7 heteroatoms. The van der Waals surface area contributed by atoms with Crippen molar-refractivity contribution in [2.45, 2.75) is 37.9 Å². The maximum absolute atomic E-state index is 11.9. The number of carbonyl (C=O) groups is 2. The van der Waals surface area contributed by atoms with Crippen LogP contribution in [0.3, 0.4) is 0 Å². The highest BCUT2D eigenvalue weighted by Crippen LogP contribution is 2.28. The lowest BCUT2D eigenvalue weighted by Crippen LogP contribution is -2.41. The van der Waals surface area contributed by atoms with Gasteiger partial charge in [0.25, 0.3) is 0 Å². The summed E-state index contributed by atoms with van der Waals surface area (Å²) in [5.41, 5.74) is 0. The molecule has 0 aromatic carbocycles. The van der Waals surface area contributed by atoms with Crippen molar-refractivity contribution in [2.75, 3.05) is 19.6 Å². The number of carbonyl (C=O) groups excluding carboxylic acids is 1. The van der Waals surface area contributed by atoms with Gasteiger partial charge in [-0.05, 0) is 31.6 Å². The molecule has 1 saturated carbocycles. The number of carboxylic acids is 1. The third kappa shape index (κ3) is 3.61. The van der Waals surface area contributed by atoms with Crippen LogP contribution in [-0.4, -0.2) is 64.1 Å². The Bertz CT molecular complexity index is 358. The van der Waals surface area contributed by atoms with E-state index in [1.807, 2.05) is 0 Å². The van der Waals surface area contributed by atoms with Gasteiger partial charge in [-0.25, -0.2) is 4.79 Å². The van der Waals surface area contributed by atoms with Crippen LogP contribution in [0.1, 0.15) is 25.7 Å². The third-order valence-corrected chi connectivity index (χ3v) is 4.28. The van der Waals surface area contributed by atoms with Crippen molar-refractivity contribution < 1.29 is 24.9 Å². The van der Waals surface area contributed by atoms with Crippen LogP contribution in [0.15, 0.2) is 0 Å². The lowest BCUT2D eigenvalue weighted by molar-refractivity contribution is -0.143. The summed E-state index contributed by atoms with van der Waals surface area (Å²) in [6.45, 7) is 0.825. The van der Waals surface area contributed by atoms with E-state index in [1.165, 1.54) is 4.90 Å². The number of aliphatic carboxylic acids is 1. The van der Waals surface area contributed by atoms with E-state index < -0.39 is 18.2 Å². The molecule has 2 amide bonds. The van der Waals surface area contributed by atoms with Crippen molar-refractivity contribution in [1.82, 2.24) is 10.2 Å². The molecule has 2 atom stereocenters. The molecule has 0 spiro atoms. The zero-order valence-corrected chi connectivity index (χ0v) is 11.4. The minimum absolute atomic E-state index is 0.152. The maximum Gasteiger partial charge on any atom is 0.317 e. The van der Waals surface area contributed by atoms with Crippen molar-refractivity contribution in [3.05, 3.63) is 0 Å². The lowest BCUT2D eigenvalue weighted by Gasteiger charge is -2.27. The number of aliphatic hydroxyl groups excluding tert-OH is 2. The first-order chi connectivity index (χ1) is 9.47. The van der Waals surface area contributed by atoms with Crippen LogP contribution >= 0.6 is 0 Å². The Balaban J connectivity index is 1.69. The van der Waals surface area contributed by atoms with Crippen LogP contribution in [0.5, 0.6) is 0 Å². The summed E-state index contributed by atoms with van der Waals surface area (Å²) in [5.74, 6) is -0.662. The van der Waals surface area contributed by atoms with Gasteiger partial charge in [0.1, 0.15) is 0 Å². The summed E-state index contributed by atoms with van der Waals surface area (Å²) in [5, 5.41) is 30.5. The third-order valence-electron chi connectivity index (χ3n) is 4.28. The molecule has 2 unspecified atom stereocenters. The smallest absolute Gasteiger partial charge is 0.317 e. The molecular weight excluding hydrogens is 264 g/mol. The Hall–Kier alpha value is -1.34. The number of rotatable bonds is 3. The van der Waals surface area contributed by atoms with Gasteiger partial charge in [0.2, 0.25) is 0 Å². The Morgan fingerprint density at radius 1 is 1.05 bits per heavy atom. The quantitative estimate of drug-likeness (QED) is 0.565. The number of urea groups is 1. The fourth-order valence-electron chi connectivity index (χ4n) is 2.89. The molecule has 0 bridgehead atoms. The minimum Gasteiger partial charge on any atom is -0.481 e. The Kier molecular flexibility index (Phi) is 4.82. The van der Waals surface area contributed by atoms with Gasteiger partial charge in [0.15, 0.2) is 0 Å². The standard InChI is InChI=1S/C13H22N2O5/c16-10-6-15(7-11(10)17)13(20)14-5-8-1-3-9(4-2-8)12(18)19/h8-11,16-17H,1-7H2,(H,14,20)(H,18,19).